The van der Waals surface area contributed by atoms with E-state index in [4.69, 9.17) is 9.47 Å². The predicted octanol–water partition coefficient (Wildman–Crippen LogP) is 5.48. The van der Waals surface area contributed by atoms with E-state index >= 15 is 0 Å². The van der Waals surface area contributed by atoms with Crippen LogP contribution in [-0.2, 0) is 19.3 Å². The van der Waals surface area contributed by atoms with Gasteiger partial charge < -0.3 is 9.47 Å². The second kappa shape index (κ2) is 10.6. The first-order chi connectivity index (χ1) is 13.9. The first-order valence-corrected chi connectivity index (χ1v) is 12.5. The van der Waals surface area contributed by atoms with Gasteiger partial charge in [-0.1, -0.05) is 45.5 Å². The fourth-order valence-corrected chi connectivity index (χ4v) is 5.70. The Morgan fingerprint density at radius 2 is 1.90 bits per heavy atom. The van der Waals surface area contributed by atoms with Gasteiger partial charge >= 0.3 is 0 Å². The second-order valence-electron chi connectivity index (χ2n) is 7.77. The highest BCUT2D eigenvalue weighted by Crippen LogP contribution is 2.45. The van der Waals surface area contributed by atoms with Gasteiger partial charge in [0, 0.05) is 12.8 Å². The van der Waals surface area contributed by atoms with Crippen molar-refractivity contribution in [2.45, 2.75) is 95.0 Å². The molecule has 2 saturated heterocycles. The molecule has 5 heteroatoms. The highest BCUT2D eigenvalue weighted by atomic mass is 32.2. The van der Waals surface area contributed by atoms with E-state index in [1.165, 1.54) is 0 Å². The van der Waals surface area contributed by atoms with Crippen molar-refractivity contribution < 1.29 is 17.9 Å². The molecule has 0 amide bonds. The molecule has 2 fully saturated rings. The summed E-state index contributed by atoms with van der Waals surface area (Å²) in [5.74, 6) is 0.107. The van der Waals surface area contributed by atoms with Crippen LogP contribution in [0.15, 0.2) is 53.1 Å². The number of ether oxygens (including phenoxy) is 2. The van der Waals surface area contributed by atoms with E-state index in [2.05, 4.69) is 19.2 Å². The van der Waals surface area contributed by atoms with Gasteiger partial charge in [-0.15, -0.1) is 5.73 Å². The van der Waals surface area contributed by atoms with Crippen LogP contribution in [0.5, 0.6) is 0 Å². The number of hydrogen-bond acceptors (Lipinski definition) is 4. The Morgan fingerprint density at radius 3 is 2.52 bits per heavy atom. The third-order valence-electron chi connectivity index (χ3n) is 5.91. The van der Waals surface area contributed by atoms with Gasteiger partial charge in [0.2, 0.25) is 0 Å². The summed E-state index contributed by atoms with van der Waals surface area (Å²) in [7, 11) is -3.28. The molecule has 0 saturated carbocycles. The molecule has 2 heterocycles. The Labute approximate surface area is 176 Å². The van der Waals surface area contributed by atoms with Crippen molar-refractivity contribution in [3.63, 3.8) is 0 Å². The molecular formula is C24H36O4S. The monoisotopic (exact) mass is 420 g/mol. The highest BCUT2D eigenvalue weighted by Gasteiger charge is 2.51. The van der Waals surface area contributed by atoms with Gasteiger partial charge in [0.15, 0.2) is 9.84 Å². The summed E-state index contributed by atoms with van der Waals surface area (Å²) in [5.41, 5.74) is 3.79. The minimum atomic E-state index is -3.28. The fourth-order valence-electron chi connectivity index (χ4n) is 4.32. The molecule has 29 heavy (non-hydrogen) atoms. The van der Waals surface area contributed by atoms with Crippen molar-refractivity contribution in [1.29, 1.82) is 0 Å². The molecule has 0 radical (unpaired) electrons. The van der Waals surface area contributed by atoms with Gasteiger partial charge in [0.05, 0.1) is 34.6 Å². The Bertz CT molecular complexity index is 795. The summed E-state index contributed by atoms with van der Waals surface area (Å²) in [5, 5.41) is 0. The highest BCUT2D eigenvalue weighted by molar-refractivity contribution is 7.91. The Hall–Kier alpha value is -1.39. The van der Waals surface area contributed by atoms with Gasteiger partial charge in [0.1, 0.15) is 0 Å². The maximum Gasteiger partial charge on any atom is 0.178 e. The fraction of sp³-hybridized carbons (Fsp3) is 0.625. The number of hydrogen-bond donors (Lipinski definition) is 0. The molecule has 0 bridgehead atoms. The van der Waals surface area contributed by atoms with Crippen molar-refractivity contribution in [2.75, 3.05) is 5.75 Å². The summed E-state index contributed by atoms with van der Waals surface area (Å²) in [6.45, 7) is 11.9. The van der Waals surface area contributed by atoms with Crippen LogP contribution in [0.25, 0.3) is 0 Å². The van der Waals surface area contributed by atoms with E-state index in [-0.39, 0.29) is 29.7 Å². The van der Waals surface area contributed by atoms with Crippen molar-refractivity contribution >= 4 is 9.84 Å². The smallest absolute Gasteiger partial charge is 0.178 e. The first kappa shape index (κ1) is 23.9. The molecule has 0 spiro atoms. The van der Waals surface area contributed by atoms with Crippen molar-refractivity contribution in [2.24, 2.45) is 0 Å². The molecular weight excluding hydrogens is 384 g/mol. The molecule has 0 aromatic heterocycles. The SMILES string of the molecule is C=C=C(C)C[C@H]1CCC2OC(CCS(=O)(=O)c3ccccc3)C[C@]2(CC)O1.CC. The van der Waals surface area contributed by atoms with E-state index in [1.54, 1.807) is 24.3 Å². The topological polar surface area (TPSA) is 52.6 Å². The summed E-state index contributed by atoms with van der Waals surface area (Å²) in [6, 6.07) is 8.65. The van der Waals surface area contributed by atoms with Crippen molar-refractivity contribution in [3.8, 4) is 0 Å². The van der Waals surface area contributed by atoms with E-state index < -0.39 is 9.84 Å². The van der Waals surface area contributed by atoms with Crippen LogP contribution >= 0.6 is 0 Å². The molecule has 3 rings (SSSR count). The second-order valence-corrected chi connectivity index (χ2v) is 9.88. The van der Waals surface area contributed by atoms with Crippen LogP contribution in [0.1, 0.15) is 66.2 Å². The number of sulfone groups is 1. The first-order valence-electron chi connectivity index (χ1n) is 10.8. The minimum Gasteiger partial charge on any atom is -0.372 e. The maximum atomic E-state index is 12.6. The molecule has 2 aliphatic heterocycles. The molecule has 4 atom stereocenters. The van der Waals surface area contributed by atoms with Gasteiger partial charge in [-0.05, 0) is 50.3 Å². The molecule has 2 unspecified atom stereocenters. The summed E-state index contributed by atoms with van der Waals surface area (Å²) in [6.07, 6.45) is 5.11. The number of rotatable bonds is 7. The van der Waals surface area contributed by atoms with Crippen LogP contribution in [0.4, 0.5) is 0 Å². The zero-order chi connectivity index (χ0) is 21.5. The van der Waals surface area contributed by atoms with Crippen molar-refractivity contribution in [1.82, 2.24) is 0 Å². The van der Waals surface area contributed by atoms with Crippen LogP contribution in [-0.4, -0.2) is 38.1 Å². The Kier molecular flexibility index (Phi) is 8.72. The van der Waals surface area contributed by atoms with Crippen LogP contribution < -0.4 is 0 Å². The van der Waals surface area contributed by atoms with Crippen LogP contribution in [0, 0.1) is 0 Å². The van der Waals surface area contributed by atoms with Crippen LogP contribution in [0.3, 0.4) is 0 Å². The minimum absolute atomic E-state index is 0.0659. The lowest BCUT2D eigenvalue weighted by Gasteiger charge is -2.41. The lowest BCUT2D eigenvalue weighted by molar-refractivity contribution is -0.166. The van der Waals surface area contributed by atoms with Gasteiger partial charge in [-0.2, -0.15) is 0 Å². The van der Waals surface area contributed by atoms with Crippen molar-refractivity contribution in [3.05, 3.63) is 48.2 Å². The molecule has 1 aromatic rings. The van der Waals surface area contributed by atoms with Gasteiger partial charge in [-0.25, -0.2) is 8.42 Å². The van der Waals surface area contributed by atoms with Crippen LogP contribution in [0.2, 0.25) is 0 Å². The third kappa shape index (κ3) is 5.82. The molecule has 2 aliphatic rings. The zero-order valence-electron chi connectivity index (χ0n) is 18.3. The molecule has 4 nitrogen and oxygen atoms in total. The third-order valence-corrected chi connectivity index (χ3v) is 7.68. The molecule has 0 N–H and O–H groups in total. The summed E-state index contributed by atoms with van der Waals surface area (Å²) in [4.78, 5) is 0.383. The number of fused-ring (bicyclic) bond motifs is 1. The maximum absolute atomic E-state index is 12.6. The van der Waals surface area contributed by atoms with E-state index in [1.807, 2.05) is 26.8 Å². The molecule has 1 aromatic carbocycles. The summed E-state index contributed by atoms with van der Waals surface area (Å²) < 4.78 is 37.9. The number of benzene rings is 1. The Balaban J connectivity index is 0.00000145. The predicted molar refractivity (Wildman–Crippen MR) is 118 cm³/mol. The normalized spacial score (nSPS) is 28.6. The van der Waals surface area contributed by atoms with E-state index in [0.717, 1.165) is 37.7 Å². The molecule has 162 valence electrons. The van der Waals surface area contributed by atoms with Gasteiger partial charge in [0.25, 0.3) is 0 Å². The Morgan fingerprint density at radius 1 is 1.21 bits per heavy atom. The summed E-state index contributed by atoms with van der Waals surface area (Å²) >= 11 is 0. The van der Waals surface area contributed by atoms with E-state index in [9.17, 15) is 8.42 Å². The standard InChI is InChI=1S/C22H30O4S.C2H6/c1-4-17(3)15-18-11-12-21-22(5-2,26-18)16-19(25-21)13-14-27(23,24)20-9-7-6-8-10-20;1-2/h6-10,18-19,21H,1,5,11-16H2,2-3H3;1-2H3/t18-,19?,21?,22+;/m1./s1. The quantitative estimate of drug-likeness (QED) is 0.548. The lowest BCUT2D eigenvalue weighted by atomic mass is 9.83. The van der Waals surface area contributed by atoms with E-state index in [0.29, 0.717) is 11.3 Å². The average molecular weight is 421 g/mol. The average Bonchev–Trinajstić information content (AvgIpc) is 3.13. The molecule has 0 aliphatic carbocycles. The lowest BCUT2D eigenvalue weighted by Crippen LogP contribution is -2.47. The zero-order valence-corrected chi connectivity index (χ0v) is 19.1. The largest absolute Gasteiger partial charge is 0.372 e. The van der Waals surface area contributed by atoms with Gasteiger partial charge in [-0.3, -0.25) is 0 Å².